The van der Waals surface area contributed by atoms with Crippen molar-refractivity contribution < 1.29 is 13.9 Å². The number of hydrogen-bond acceptors (Lipinski definition) is 5. The normalized spacial score (nSPS) is 21.5. The molecule has 1 N–H and O–H groups in total. The molecule has 0 bridgehead atoms. The number of aliphatic hydroxyl groups excluding tert-OH is 1. The van der Waals surface area contributed by atoms with Crippen LogP contribution in [-0.2, 0) is 0 Å². The van der Waals surface area contributed by atoms with Gasteiger partial charge in [-0.3, -0.25) is 9.21 Å². The zero-order valence-corrected chi connectivity index (χ0v) is 17.9. The Hall–Kier alpha value is 0.0500. The van der Waals surface area contributed by atoms with Crippen LogP contribution < -0.4 is 0 Å². The number of alkyl halides is 2. The van der Waals surface area contributed by atoms with Crippen molar-refractivity contribution in [1.82, 2.24) is 14.1 Å². The minimum Gasteiger partial charge on any atom is -0.400 e. The van der Waals surface area contributed by atoms with Gasteiger partial charge in [0.05, 0.1) is 6.54 Å². The van der Waals surface area contributed by atoms with E-state index in [1.54, 1.807) is 0 Å². The van der Waals surface area contributed by atoms with Crippen LogP contribution in [0.1, 0.15) is 46.5 Å². The minimum absolute atomic E-state index is 0.0454. The maximum Gasteiger partial charge on any atom is 0.251 e. The molecule has 26 heavy (non-hydrogen) atoms. The molecule has 0 aromatic rings. The Bertz CT molecular complexity index is 348. The molecule has 2 aliphatic heterocycles. The number of hydrogen-bond donors (Lipinski definition) is 1. The molecule has 0 spiro atoms. The topological polar surface area (TPSA) is 30.0 Å². The summed E-state index contributed by atoms with van der Waals surface area (Å²) in [5, 5.41) is 7.00. The molecular formula is C19H39F2N3OS. The number of rotatable bonds is 8. The van der Waals surface area contributed by atoms with E-state index in [0.717, 1.165) is 71.3 Å². The van der Waals surface area contributed by atoms with Crippen molar-refractivity contribution in [1.29, 1.82) is 0 Å². The van der Waals surface area contributed by atoms with Gasteiger partial charge in [-0.2, -0.15) is 0 Å². The maximum atomic E-state index is 13.1. The fourth-order valence-corrected chi connectivity index (χ4v) is 4.89. The fraction of sp³-hybridized carbons (Fsp3) is 1.00. The van der Waals surface area contributed by atoms with Gasteiger partial charge in [0.2, 0.25) is 0 Å². The summed E-state index contributed by atoms with van der Waals surface area (Å²) in [6.07, 6.45) is 2.16. The second-order valence-corrected chi connectivity index (χ2v) is 8.85. The monoisotopic (exact) mass is 395 g/mol. The summed E-state index contributed by atoms with van der Waals surface area (Å²) < 4.78 is 28.6. The lowest BCUT2D eigenvalue weighted by molar-refractivity contribution is 0.0240. The van der Waals surface area contributed by atoms with Gasteiger partial charge in [-0.1, -0.05) is 18.9 Å². The van der Waals surface area contributed by atoms with Gasteiger partial charge in [-0.05, 0) is 58.5 Å². The summed E-state index contributed by atoms with van der Waals surface area (Å²) in [5.74, 6) is 1.71. The predicted octanol–water partition coefficient (Wildman–Crippen LogP) is 3.41. The fourth-order valence-electron chi connectivity index (χ4n) is 4.05. The van der Waals surface area contributed by atoms with E-state index in [4.69, 9.17) is 5.11 Å². The Labute approximate surface area is 163 Å². The van der Waals surface area contributed by atoms with Crippen molar-refractivity contribution in [3.8, 4) is 0 Å². The summed E-state index contributed by atoms with van der Waals surface area (Å²) in [5.41, 5.74) is 0. The van der Waals surface area contributed by atoms with Crippen molar-refractivity contribution in [2.75, 3.05) is 52.1 Å². The van der Waals surface area contributed by atoms with E-state index in [1.165, 1.54) is 0 Å². The number of aliphatic hydroxyl groups is 1. The molecule has 156 valence electrons. The van der Waals surface area contributed by atoms with E-state index in [1.807, 2.05) is 11.9 Å². The van der Waals surface area contributed by atoms with Gasteiger partial charge in [-0.15, -0.1) is 0 Å². The molecule has 7 heteroatoms. The SMILES string of the molecule is CCSN1CCC(CN(CC(F)F)C2CCN(C(C)C)CC2)CC1.CO. The van der Waals surface area contributed by atoms with Crippen LogP contribution in [0, 0.1) is 5.92 Å². The van der Waals surface area contributed by atoms with Gasteiger partial charge >= 0.3 is 0 Å². The third-order valence-electron chi connectivity index (χ3n) is 5.50. The van der Waals surface area contributed by atoms with Crippen LogP contribution >= 0.6 is 11.9 Å². The lowest BCUT2D eigenvalue weighted by Crippen LogP contribution is -2.50. The van der Waals surface area contributed by atoms with Gasteiger partial charge in [0, 0.05) is 44.6 Å². The molecule has 4 nitrogen and oxygen atoms in total. The lowest BCUT2D eigenvalue weighted by atomic mass is 9.95. The zero-order valence-electron chi connectivity index (χ0n) is 17.0. The molecule has 0 aromatic carbocycles. The standard InChI is InChI=1S/C18H35F2N3S.CH4O/c1-4-24-23-11-5-16(6-12-23)13-22(14-18(19)20)17-7-9-21(10-8-17)15(2)3;1-2/h15-18H,4-14H2,1-3H3;2H,1H3. The molecule has 2 aliphatic rings. The molecule has 2 saturated heterocycles. The molecule has 0 atom stereocenters. The van der Waals surface area contributed by atoms with Crippen LogP contribution in [-0.4, -0.2) is 89.9 Å². The first-order valence-corrected chi connectivity index (χ1v) is 11.0. The lowest BCUT2D eigenvalue weighted by Gasteiger charge is -2.42. The van der Waals surface area contributed by atoms with Crippen LogP contribution in [0.3, 0.4) is 0 Å². The number of halogens is 2. The van der Waals surface area contributed by atoms with Crippen molar-refractivity contribution in [2.45, 2.75) is 65.0 Å². The van der Waals surface area contributed by atoms with Crippen LogP contribution in [0.5, 0.6) is 0 Å². The van der Waals surface area contributed by atoms with E-state index in [2.05, 4.69) is 34.9 Å². The van der Waals surface area contributed by atoms with E-state index >= 15 is 0 Å². The summed E-state index contributed by atoms with van der Waals surface area (Å²) in [4.78, 5) is 4.59. The average molecular weight is 396 g/mol. The van der Waals surface area contributed by atoms with E-state index in [9.17, 15) is 8.78 Å². The highest BCUT2D eigenvalue weighted by Gasteiger charge is 2.30. The molecule has 2 heterocycles. The second-order valence-electron chi connectivity index (χ2n) is 7.50. The van der Waals surface area contributed by atoms with Gasteiger partial charge in [-0.25, -0.2) is 8.78 Å². The molecule has 0 saturated carbocycles. The van der Waals surface area contributed by atoms with Crippen molar-refractivity contribution in [3.05, 3.63) is 0 Å². The maximum absolute atomic E-state index is 13.1. The number of nitrogens with zero attached hydrogens (tertiary/aromatic N) is 3. The van der Waals surface area contributed by atoms with Gasteiger partial charge in [0.25, 0.3) is 6.43 Å². The quantitative estimate of drug-likeness (QED) is 0.636. The average Bonchev–Trinajstić information content (AvgIpc) is 2.64. The largest absolute Gasteiger partial charge is 0.400 e. The minimum atomic E-state index is -2.22. The van der Waals surface area contributed by atoms with E-state index < -0.39 is 6.43 Å². The summed E-state index contributed by atoms with van der Waals surface area (Å²) >= 11 is 1.91. The molecule has 0 amide bonds. The Balaban J connectivity index is 0.00000163. The summed E-state index contributed by atoms with van der Waals surface area (Å²) in [6, 6.07) is 0.909. The van der Waals surface area contributed by atoms with Crippen LogP contribution in [0.2, 0.25) is 0 Å². The highest BCUT2D eigenvalue weighted by Crippen LogP contribution is 2.26. The first kappa shape index (κ1) is 24.1. The van der Waals surface area contributed by atoms with Crippen molar-refractivity contribution >= 4 is 11.9 Å². The second kappa shape index (κ2) is 13.3. The smallest absolute Gasteiger partial charge is 0.251 e. The molecule has 0 unspecified atom stereocenters. The van der Waals surface area contributed by atoms with E-state index in [-0.39, 0.29) is 6.54 Å². The number of piperidine rings is 2. The Morgan fingerprint density at radius 1 is 1.04 bits per heavy atom. The Morgan fingerprint density at radius 2 is 1.62 bits per heavy atom. The highest BCUT2D eigenvalue weighted by atomic mass is 32.2. The Kier molecular flexibility index (Phi) is 12.3. The van der Waals surface area contributed by atoms with Crippen LogP contribution in [0.4, 0.5) is 8.78 Å². The predicted molar refractivity (Wildman–Crippen MR) is 108 cm³/mol. The van der Waals surface area contributed by atoms with E-state index in [0.29, 0.717) is 18.0 Å². The third kappa shape index (κ3) is 8.38. The van der Waals surface area contributed by atoms with Gasteiger partial charge < -0.3 is 10.0 Å². The highest BCUT2D eigenvalue weighted by molar-refractivity contribution is 7.96. The Morgan fingerprint density at radius 3 is 2.08 bits per heavy atom. The molecule has 0 radical (unpaired) electrons. The zero-order chi connectivity index (χ0) is 19.5. The van der Waals surface area contributed by atoms with Crippen LogP contribution in [0.25, 0.3) is 0 Å². The van der Waals surface area contributed by atoms with Crippen molar-refractivity contribution in [3.63, 3.8) is 0 Å². The van der Waals surface area contributed by atoms with Gasteiger partial charge in [0.1, 0.15) is 0 Å². The molecular weight excluding hydrogens is 356 g/mol. The first-order chi connectivity index (χ1) is 12.5. The number of likely N-dealkylation sites (tertiary alicyclic amines) is 1. The summed E-state index contributed by atoms with van der Waals surface area (Å²) in [7, 11) is 1.00. The first-order valence-electron chi connectivity index (χ1n) is 10.1. The van der Waals surface area contributed by atoms with Crippen LogP contribution in [0.15, 0.2) is 0 Å². The molecule has 0 aliphatic carbocycles. The molecule has 2 fully saturated rings. The molecule has 2 rings (SSSR count). The van der Waals surface area contributed by atoms with Crippen molar-refractivity contribution in [2.24, 2.45) is 5.92 Å². The summed E-state index contributed by atoms with van der Waals surface area (Å²) in [6.45, 7) is 11.8. The molecule has 0 aromatic heterocycles. The third-order valence-corrected chi connectivity index (χ3v) is 6.48. The van der Waals surface area contributed by atoms with Gasteiger partial charge in [0.15, 0.2) is 0 Å².